The van der Waals surface area contributed by atoms with E-state index < -0.39 is 11.8 Å². The first-order valence-electron chi connectivity index (χ1n) is 2.30. The molecule has 4 heteroatoms. The molecule has 1 N–H and O–H groups in total. The minimum atomic E-state index is -1.22. The van der Waals surface area contributed by atoms with Gasteiger partial charge in [-0.05, 0) is 0 Å². The van der Waals surface area contributed by atoms with Crippen molar-refractivity contribution in [3.63, 3.8) is 0 Å². The molecule has 0 saturated heterocycles. The van der Waals surface area contributed by atoms with Crippen LogP contribution in [0.4, 0.5) is 0 Å². The van der Waals surface area contributed by atoms with Crippen molar-refractivity contribution < 1.29 is 19.4 Å². The average molecular weight is 128 g/mol. The quantitative estimate of drug-likeness (QED) is 0.486. The van der Waals surface area contributed by atoms with Crippen LogP contribution in [0.3, 0.4) is 0 Å². The number of carbonyl (C=O) groups excluding carboxylic acids is 1. The molecule has 0 amide bonds. The van der Waals surface area contributed by atoms with Gasteiger partial charge in [-0.1, -0.05) is 0 Å². The van der Waals surface area contributed by atoms with Crippen LogP contribution in [0.2, 0.25) is 0 Å². The molecule has 0 radical (unpaired) electrons. The Labute approximate surface area is 50.7 Å². The van der Waals surface area contributed by atoms with Gasteiger partial charge in [0, 0.05) is 0 Å². The average Bonchev–Trinajstić information content (AvgIpc) is 2.13. The zero-order chi connectivity index (χ0) is 6.85. The molecule has 0 fully saturated rings. The van der Waals surface area contributed by atoms with Crippen LogP contribution in [0.1, 0.15) is 0 Å². The summed E-state index contributed by atoms with van der Waals surface area (Å²) >= 11 is 0. The molecule has 0 spiro atoms. The number of Topliss-reactive ketones (excluding diaryl/α,β-unsaturated/α-hetero) is 1. The zero-order valence-corrected chi connectivity index (χ0v) is 4.46. The highest BCUT2D eigenvalue weighted by molar-refractivity contribution is 6.17. The molecule has 0 bridgehead atoms. The highest BCUT2D eigenvalue weighted by atomic mass is 16.5. The number of hydrogen-bond donors (Lipinski definition) is 1. The highest BCUT2D eigenvalue weighted by Crippen LogP contribution is 2.05. The third-order valence-electron chi connectivity index (χ3n) is 0.946. The van der Waals surface area contributed by atoms with Crippen molar-refractivity contribution in [3.05, 3.63) is 11.8 Å². The number of carboxylic acids is 1. The molecule has 1 heterocycles. The molecule has 1 aliphatic rings. The SMILES string of the molecule is O=C(O)C1=COCC1=O. The molecular formula is C5H4O4. The number of ether oxygens (including phenoxy) is 1. The molecule has 1 aliphatic heterocycles. The Morgan fingerprint density at radius 3 is 2.67 bits per heavy atom. The maximum atomic E-state index is 10.4. The summed E-state index contributed by atoms with van der Waals surface area (Å²) in [5.41, 5.74) is -0.269. The Balaban J connectivity index is 2.80. The van der Waals surface area contributed by atoms with E-state index in [9.17, 15) is 9.59 Å². The number of aliphatic carboxylic acids is 1. The number of rotatable bonds is 1. The largest absolute Gasteiger partial charge is 0.492 e. The zero-order valence-electron chi connectivity index (χ0n) is 4.46. The molecule has 0 aromatic heterocycles. The molecule has 48 valence electrons. The van der Waals surface area contributed by atoms with Gasteiger partial charge in [0.05, 0.1) is 0 Å². The van der Waals surface area contributed by atoms with Gasteiger partial charge < -0.3 is 9.84 Å². The monoisotopic (exact) mass is 128 g/mol. The second-order valence-corrected chi connectivity index (χ2v) is 1.57. The van der Waals surface area contributed by atoms with E-state index in [-0.39, 0.29) is 12.2 Å². The van der Waals surface area contributed by atoms with Gasteiger partial charge in [0.1, 0.15) is 11.8 Å². The Bertz CT molecular complexity index is 191. The van der Waals surface area contributed by atoms with Crippen molar-refractivity contribution in [3.8, 4) is 0 Å². The predicted octanol–water partition coefficient (Wildman–Crippen LogP) is -0.446. The summed E-state index contributed by atoms with van der Waals surface area (Å²) in [5.74, 6) is -1.69. The topological polar surface area (TPSA) is 63.6 Å². The maximum Gasteiger partial charge on any atom is 0.342 e. The molecule has 0 saturated carbocycles. The van der Waals surface area contributed by atoms with Crippen LogP contribution < -0.4 is 0 Å². The number of carboxylic acid groups (broad SMARTS) is 1. The van der Waals surface area contributed by atoms with Gasteiger partial charge in [0.15, 0.2) is 6.61 Å². The molecule has 0 aromatic carbocycles. The van der Waals surface area contributed by atoms with Crippen LogP contribution >= 0.6 is 0 Å². The van der Waals surface area contributed by atoms with Crippen LogP contribution in [-0.4, -0.2) is 23.5 Å². The van der Waals surface area contributed by atoms with Crippen molar-refractivity contribution in [1.29, 1.82) is 0 Å². The van der Waals surface area contributed by atoms with Crippen molar-refractivity contribution in [1.82, 2.24) is 0 Å². The lowest BCUT2D eigenvalue weighted by atomic mass is 10.2. The lowest BCUT2D eigenvalue weighted by Gasteiger charge is -1.84. The van der Waals surface area contributed by atoms with Crippen molar-refractivity contribution in [2.45, 2.75) is 0 Å². The Hall–Kier alpha value is -1.32. The predicted molar refractivity (Wildman–Crippen MR) is 26.7 cm³/mol. The summed E-state index contributed by atoms with van der Waals surface area (Å²) in [6, 6.07) is 0. The molecule has 0 aliphatic carbocycles. The summed E-state index contributed by atoms with van der Waals surface area (Å²) in [7, 11) is 0. The van der Waals surface area contributed by atoms with E-state index in [4.69, 9.17) is 5.11 Å². The highest BCUT2D eigenvalue weighted by Gasteiger charge is 2.22. The van der Waals surface area contributed by atoms with Crippen molar-refractivity contribution in [2.24, 2.45) is 0 Å². The Morgan fingerprint density at radius 1 is 1.78 bits per heavy atom. The number of ketones is 1. The van der Waals surface area contributed by atoms with Gasteiger partial charge in [0.2, 0.25) is 5.78 Å². The first-order chi connectivity index (χ1) is 4.22. The molecule has 1 rings (SSSR count). The molecule has 0 aromatic rings. The first kappa shape index (κ1) is 5.81. The van der Waals surface area contributed by atoms with E-state index in [1.54, 1.807) is 0 Å². The molecule has 9 heavy (non-hydrogen) atoms. The van der Waals surface area contributed by atoms with E-state index in [1.165, 1.54) is 0 Å². The number of hydrogen-bond acceptors (Lipinski definition) is 3. The lowest BCUT2D eigenvalue weighted by molar-refractivity contribution is -0.134. The summed E-state index contributed by atoms with van der Waals surface area (Å²) in [6.45, 7) is -0.137. The summed E-state index contributed by atoms with van der Waals surface area (Å²) in [5, 5.41) is 8.21. The van der Waals surface area contributed by atoms with E-state index in [2.05, 4.69) is 4.74 Å². The normalized spacial score (nSPS) is 16.9. The fraction of sp³-hybridized carbons (Fsp3) is 0.200. The molecule has 4 nitrogen and oxygen atoms in total. The minimum absolute atomic E-state index is 0.137. The fourth-order valence-electron chi connectivity index (χ4n) is 0.514. The van der Waals surface area contributed by atoms with Gasteiger partial charge in [-0.2, -0.15) is 0 Å². The first-order valence-corrected chi connectivity index (χ1v) is 2.30. The summed E-state index contributed by atoms with van der Waals surface area (Å²) < 4.78 is 4.44. The standard InChI is InChI=1S/C5H4O4/c6-4-2-9-1-3(4)5(7)8/h1H,2H2,(H,7,8). The van der Waals surface area contributed by atoms with Gasteiger partial charge in [-0.15, -0.1) is 0 Å². The lowest BCUT2D eigenvalue weighted by Crippen LogP contribution is -2.09. The molecule has 0 atom stereocenters. The van der Waals surface area contributed by atoms with Gasteiger partial charge in [-0.3, -0.25) is 4.79 Å². The number of carbonyl (C=O) groups is 2. The third-order valence-corrected chi connectivity index (χ3v) is 0.946. The smallest absolute Gasteiger partial charge is 0.342 e. The second-order valence-electron chi connectivity index (χ2n) is 1.57. The fourth-order valence-corrected chi connectivity index (χ4v) is 0.514. The minimum Gasteiger partial charge on any atom is -0.492 e. The van der Waals surface area contributed by atoms with Gasteiger partial charge >= 0.3 is 5.97 Å². The summed E-state index contributed by atoms with van der Waals surface area (Å²) in [4.78, 5) is 20.5. The van der Waals surface area contributed by atoms with Crippen LogP contribution in [0.25, 0.3) is 0 Å². The Kier molecular flexibility index (Phi) is 1.22. The molecular weight excluding hydrogens is 124 g/mol. The van der Waals surface area contributed by atoms with E-state index in [0.717, 1.165) is 6.26 Å². The van der Waals surface area contributed by atoms with Crippen molar-refractivity contribution >= 4 is 11.8 Å². The van der Waals surface area contributed by atoms with Gasteiger partial charge in [-0.25, -0.2) is 4.79 Å². The maximum absolute atomic E-state index is 10.4. The Morgan fingerprint density at radius 2 is 2.44 bits per heavy atom. The van der Waals surface area contributed by atoms with Crippen LogP contribution in [0.15, 0.2) is 11.8 Å². The summed E-state index contributed by atoms with van der Waals surface area (Å²) in [6.07, 6.45) is 0.963. The molecule has 0 unspecified atom stereocenters. The van der Waals surface area contributed by atoms with E-state index in [0.29, 0.717) is 0 Å². The van der Waals surface area contributed by atoms with Crippen LogP contribution in [0, 0.1) is 0 Å². The van der Waals surface area contributed by atoms with E-state index in [1.807, 2.05) is 0 Å². The van der Waals surface area contributed by atoms with Gasteiger partial charge in [0.25, 0.3) is 0 Å². The second kappa shape index (κ2) is 1.89. The van der Waals surface area contributed by atoms with Crippen LogP contribution in [0.5, 0.6) is 0 Å². The van der Waals surface area contributed by atoms with Crippen molar-refractivity contribution in [2.75, 3.05) is 6.61 Å². The van der Waals surface area contributed by atoms with E-state index >= 15 is 0 Å². The third kappa shape index (κ3) is 0.910. The van der Waals surface area contributed by atoms with Crippen LogP contribution in [-0.2, 0) is 14.3 Å².